The molecule has 2 saturated heterocycles. The zero-order chi connectivity index (χ0) is 47.2. The number of aryl methyl sites for hydroxylation is 2. The monoisotopic (exact) mass is 904 g/mol. The highest BCUT2D eigenvalue weighted by Gasteiger charge is 2.64. The molecular formula is C49H60N8O9. The molecule has 5 aliphatic rings. The highest BCUT2D eigenvalue weighted by Crippen LogP contribution is 2.56. The maximum absolute atomic E-state index is 14.0. The molecule has 17 heteroatoms. The van der Waals surface area contributed by atoms with E-state index in [9.17, 15) is 29.2 Å². The predicted octanol–water partition coefficient (Wildman–Crippen LogP) is 4.76. The Morgan fingerprint density at radius 3 is 2.20 bits per heavy atom. The number of nitriles is 1. The van der Waals surface area contributed by atoms with Crippen LogP contribution in [0, 0.1) is 41.9 Å². The molecule has 2 N–H and O–H groups in total. The SMILES string of the molecule is COCCN(CC1CCN(c2nc(C)c(C(=O)NC3C(C)(C)C(Oc4ccc(C#N)c(OC)c4)C3(C)C)c(C)n2)CC1)C1CC(Oc2ccc3c(c2)C(=O)N([C@@H]2CCC(=O)NC2=O)C3=O)C1. The standard InChI is InChI=1S/C49H60N8O9/c1-27-40(42(60)54-45-48(3,4)46(49(45,5)6)66-33-10-9-30(25-50)38(24-33)64-8)28(2)52-47(51-27)55-17-15-29(16-18-55)26-56(19-20-63-7)31-21-34(22-31)65-32-11-12-35-36(23-32)44(62)57(43(35)61)37-13-14-39(58)53-41(37)59/h9-12,23-24,29,31,34,37,45-46H,13-22,26H2,1-8H3,(H,54,60)(H,53,58,59)/t31?,34?,37-,45?,46?/m1/s1. The van der Waals surface area contributed by atoms with E-state index in [2.05, 4.69) is 54.2 Å². The number of hydrogen-bond acceptors (Lipinski definition) is 14. The van der Waals surface area contributed by atoms with Gasteiger partial charge in [0.2, 0.25) is 17.8 Å². The number of aromatic nitrogens is 2. The molecule has 0 bridgehead atoms. The van der Waals surface area contributed by atoms with Crippen molar-refractivity contribution in [1.82, 2.24) is 30.4 Å². The number of piperidine rings is 2. The topological polar surface area (TPSA) is 206 Å². The second-order valence-electron chi connectivity index (χ2n) is 19.5. The maximum atomic E-state index is 14.0. The first-order valence-corrected chi connectivity index (χ1v) is 22.9. The third-order valence-corrected chi connectivity index (χ3v) is 14.4. The van der Waals surface area contributed by atoms with Crippen molar-refractivity contribution in [2.45, 2.75) is 110 Å². The van der Waals surface area contributed by atoms with Crippen molar-refractivity contribution in [3.63, 3.8) is 0 Å². The normalized spacial score (nSPS) is 24.5. The number of fused-ring (bicyclic) bond motifs is 1. The summed E-state index contributed by atoms with van der Waals surface area (Å²) in [5, 5.41) is 14.9. The van der Waals surface area contributed by atoms with Gasteiger partial charge in [0.25, 0.3) is 17.7 Å². The van der Waals surface area contributed by atoms with Gasteiger partial charge in [0.15, 0.2) is 0 Å². The summed E-state index contributed by atoms with van der Waals surface area (Å²) in [6.07, 6.45) is 3.41. The number of hydrogen-bond donors (Lipinski definition) is 2. The Bertz CT molecular complexity index is 2430. The van der Waals surface area contributed by atoms with Gasteiger partial charge in [-0.3, -0.25) is 39.1 Å². The average Bonchev–Trinajstić information content (AvgIpc) is 3.51. The molecule has 4 fully saturated rings. The van der Waals surface area contributed by atoms with Crippen LogP contribution in [0.3, 0.4) is 0 Å². The van der Waals surface area contributed by atoms with Crippen LogP contribution in [-0.2, 0) is 14.3 Å². The summed E-state index contributed by atoms with van der Waals surface area (Å²) in [7, 11) is 3.23. The quantitative estimate of drug-likeness (QED) is 0.198. The molecule has 2 saturated carbocycles. The van der Waals surface area contributed by atoms with E-state index in [0.717, 1.165) is 56.8 Å². The molecule has 1 atom stereocenters. The third kappa shape index (κ3) is 8.68. The largest absolute Gasteiger partial charge is 0.495 e. The van der Waals surface area contributed by atoms with E-state index in [1.165, 1.54) is 7.11 Å². The highest BCUT2D eigenvalue weighted by molar-refractivity contribution is 6.23. The van der Waals surface area contributed by atoms with Gasteiger partial charge in [0.1, 0.15) is 41.6 Å². The zero-order valence-electron chi connectivity index (χ0n) is 39.1. The minimum Gasteiger partial charge on any atom is -0.495 e. The molecule has 3 aromatic rings. The van der Waals surface area contributed by atoms with Gasteiger partial charge >= 0.3 is 0 Å². The molecule has 2 aromatic carbocycles. The minimum atomic E-state index is -1.02. The first kappa shape index (κ1) is 46.4. The molecule has 1 aromatic heterocycles. The van der Waals surface area contributed by atoms with Crippen LogP contribution < -0.4 is 29.7 Å². The lowest BCUT2D eigenvalue weighted by molar-refractivity contribution is -0.164. The Kier molecular flexibility index (Phi) is 12.9. The second-order valence-corrected chi connectivity index (χ2v) is 19.5. The minimum absolute atomic E-state index is 0.0603. The number of nitrogens with one attached hydrogen (secondary N) is 2. The van der Waals surface area contributed by atoms with Gasteiger partial charge in [-0.25, -0.2) is 9.97 Å². The molecule has 2 aliphatic carbocycles. The van der Waals surface area contributed by atoms with Crippen molar-refractivity contribution in [2.75, 3.05) is 51.9 Å². The van der Waals surface area contributed by atoms with Crippen molar-refractivity contribution in [3.05, 3.63) is 70.0 Å². The zero-order valence-corrected chi connectivity index (χ0v) is 39.1. The molecular weight excluding hydrogens is 845 g/mol. The maximum Gasteiger partial charge on any atom is 0.262 e. The number of carbonyl (C=O) groups is 5. The van der Waals surface area contributed by atoms with Crippen molar-refractivity contribution in [2.24, 2.45) is 16.7 Å². The van der Waals surface area contributed by atoms with Gasteiger partial charge in [0, 0.05) is 81.5 Å². The van der Waals surface area contributed by atoms with Gasteiger partial charge in [-0.1, -0.05) is 27.7 Å². The van der Waals surface area contributed by atoms with Crippen molar-refractivity contribution in [1.29, 1.82) is 5.26 Å². The molecule has 0 spiro atoms. The second kappa shape index (κ2) is 18.3. The van der Waals surface area contributed by atoms with E-state index in [1.807, 2.05) is 13.8 Å². The Balaban J connectivity index is 0.830. The van der Waals surface area contributed by atoms with Crippen molar-refractivity contribution in [3.8, 4) is 23.3 Å². The van der Waals surface area contributed by atoms with E-state index in [4.69, 9.17) is 28.9 Å². The Morgan fingerprint density at radius 1 is 0.909 bits per heavy atom. The molecule has 3 aliphatic heterocycles. The summed E-state index contributed by atoms with van der Waals surface area (Å²) in [6, 6.07) is 11.3. The summed E-state index contributed by atoms with van der Waals surface area (Å²) >= 11 is 0. The lowest BCUT2D eigenvalue weighted by atomic mass is 9.49. The summed E-state index contributed by atoms with van der Waals surface area (Å²) in [4.78, 5) is 80.0. The fraction of sp³-hybridized carbons (Fsp3) is 0.551. The predicted molar refractivity (Wildman–Crippen MR) is 241 cm³/mol. The summed E-state index contributed by atoms with van der Waals surface area (Å²) in [5.74, 6) is 0.267. The average molecular weight is 905 g/mol. The van der Waals surface area contributed by atoms with Crippen molar-refractivity contribution < 1.29 is 42.9 Å². The molecule has 0 unspecified atom stereocenters. The fourth-order valence-corrected chi connectivity index (χ4v) is 11.1. The smallest absolute Gasteiger partial charge is 0.262 e. The summed E-state index contributed by atoms with van der Waals surface area (Å²) in [6.45, 7) is 16.0. The number of carbonyl (C=O) groups excluding carboxylic acids is 5. The number of anilines is 1. The van der Waals surface area contributed by atoms with Crippen LogP contribution >= 0.6 is 0 Å². The number of rotatable bonds is 15. The Morgan fingerprint density at radius 2 is 1.56 bits per heavy atom. The van der Waals surface area contributed by atoms with Gasteiger partial charge in [0.05, 0.1) is 47.4 Å². The Labute approximate surface area is 385 Å². The molecule has 350 valence electrons. The van der Waals surface area contributed by atoms with Gasteiger partial charge < -0.3 is 29.2 Å². The van der Waals surface area contributed by atoms with Gasteiger partial charge in [-0.05, 0) is 69.4 Å². The molecule has 4 heterocycles. The van der Waals surface area contributed by atoms with Crippen LogP contribution in [0.2, 0.25) is 0 Å². The first-order chi connectivity index (χ1) is 31.4. The molecule has 66 heavy (non-hydrogen) atoms. The fourth-order valence-electron chi connectivity index (χ4n) is 11.1. The summed E-state index contributed by atoms with van der Waals surface area (Å²) in [5.41, 5.74) is 1.77. The number of benzene rings is 2. The molecule has 17 nitrogen and oxygen atoms in total. The molecule has 5 amide bonds. The summed E-state index contributed by atoms with van der Waals surface area (Å²) < 4.78 is 23.7. The lowest BCUT2D eigenvalue weighted by Gasteiger charge is -2.63. The van der Waals surface area contributed by atoms with E-state index in [0.29, 0.717) is 64.3 Å². The van der Waals surface area contributed by atoms with Crippen LogP contribution in [0.25, 0.3) is 0 Å². The van der Waals surface area contributed by atoms with Gasteiger partial charge in [-0.2, -0.15) is 5.26 Å². The van der Waals surface area contributed by atoms with E-state index < -0.39 is 40.5 Å². The van der Waals surface area contributed by atoms with Gasteiger partial charge in [-0.15, -0.1) is 0 Å². The molecule has 0 radical (unpaired) electrons. The number of nitrogens with zero attached hydrogens (tertiary/aromatic N) is 6. The first-order valence-electron chi connectivity index (χ1n) is 22.9. The van der Waals surface area contributed by atoms with Crippen LogP contribution in [0.4, 0.5) is 5.95 Å². The number of methoxy groups -OCH3 is 2. The van der Waals surface area contributed by atoms with Crippen molar-refractivity contribution >= 4 is 35.5 Å². The number of ether oxygens (including phenoxy) is 4. The molecule has 8 rings (SSSR count). The number of amides is 5. The van der Waals surface area contributed by atoms with E-state index in [-0.39, 0.29) is 48.1 Å². The highest BCUT2D eigenvalue weighted by atomic mass is 16.5. The van der Waals surface area contributed by atoms with E-state index in [1.54, 1.807) is 43.5 Å². The van der Waals surface area contributed by atoms with Crippen LogP contribution in [-0.4, -0.2) is 127 Å². The van der Waals surface area contributed by atoms with Crippen LogP contribution in [0.15, 0.2) is 36.4 Å². The van der Waals surface area contributed by atoms with Crippen LogP contribution in [0.1, 0.15) is 114 Å². The Hall–Kier alpha value is -6.12. The van der Waals surface area contributed by atoms with E-state index >= 15 is 0 Å². The third-order valence-electron chi connectivity index (χ3n) is 14.4. The van der Waals surface area contributed by atoms with Crippen LogP contribution in [0.5, 0.6) is 17.2 Å². The lowest BCUT2D eigenvalue weighted by Crippen LogP contribution is -2.74. The number of imide groups is 2.